The third-order valence-electron chi connectivity index (χ3n) is 5.86. The Labute approximate surface area is 174 Å². The summed E-state index contributed by atoms with van der Waals surface area (Å²) >= 11 is 0. The van der Waals surface area contributed by atoms with Gasteiger partial charge in [0.2, 0.25) is 11.8 Å². The van der Waals surface area contributed by atoms with Gasteiger partial charge in [0.1, 0.15) is 0 Å². The lowest BCUT2D eigenvalue weighted by molar-refractivity contribution is -0.145. The fourth-order valence-corrected chi connectivity index (χ4v) is 4.37. The number of carbonyl (C=O) groups excluding carboxylic acids is 2. The van der Waals surface area contributed by atoms with Gasteiger partial charge in [-0.3, -0.25) is 9.59 Å². The first kappa shape index (κ1) is 22.6. The van der Waals surface area contributed by atoms with Crippen LogP contribution >= 0.6 is 0 Å². The first-order valence-electron chi connectivity index (χ1n) is 10.3. The number of piperidine rings is 1. The highest BCUT2D eigenvalue weighted by atomic mass is 19.4. The molecule has 8 heteroatoms. The smallest absolute Gasteiger partial charge is 0.391 e. The normalized spacial score (nSPS) is 25.5. The molecule has 0 unspecified atom stereocenters. The van der Waals surface area contributed by atoms with Crippen molar-refractivity contribution in [3.05, 3.63) is 35.4 Å². The molecule has 2 saturated heterocycles. The Bertz CT molecular complexity index is 804. The van der Waals surface area contributed by atoms with Crippen molar-refractivity contribution in [1.29, 1.82) is 0 Å². The molecule has 2 amide bonds. The maximum absolute atomic E-state index is 13.3. The average Bonchev–Trinajstić information content (AvgIpc) is 3.07. The summed E-state index contributed by atoms with van der Waals surface area (Å²) in [7, 11) is 0. The van der Waals surface area contributed by atoms with Gasteiger partial charge in [0.05, 0.1) is 23.6 Å². The van der Waals surface area contributed by atoms with Gasteiger partial charge in [-0.15, -0.1) is 0 Å². The zero-order valence-electron chi connectivity index (χ0n) is 17.6. The zero-order valence-corrected chi connectivity index (χ0v) is 17.6. The van der Waals surface area contributed by atoms with Gasteiger partial charge in [0.25, 0.3) is 0 Å². The molecule has 1 aromatic carbocycles. The molecule has 2 heterocycles. The van der Waals surface area contributed by atoms with E-state index in [1.165, 1.54) is 11.0 Å². The van der Waals surface area contributed by atoms with Crippen LogP contribution in [0.2, 0.25) is 0 Å². The van der Waals surface area contributed by atoms with E-state index in [-0.39, 0.29) is 24.8 Å². The number of nitrogens with zero attached hydrogens (tertiary/aromatic N) is 2. The van der Waals surface area contributed by atoms with Crippen molar-refractivity contribution in [1.82, 2.24) is 9.80 Å². The molecule has 2 aliphatic rings. The molecule has 0 radical (unpaired) electrons. The second-order valence-electron chi connectivity index (χ2n) is 9.36. The predicted molar refractivity (Wildman–Crippen MR) is 105 cm³/mol. The van der Waals surface area contributed by atoms with E-state index in [0.717, 1.165) is 12.1 Å². The van der Waals surface area contributed by atoms with Gasteiger partial charge in [-0.25, -0.2) is 0 Å². The first-order chi connectivity index (χ1) is 13.9. The Morgan fingerprint density at radius 2 is 1.83 bits per heavy atom. The van der Waals surface area contributed by atoms with Crippen LogP contribution in [0.4, 0.5) is 13.2 Å². The van der Waals surface area contributed by atoms with Crippen LogP contribution in [0.15, 0.2) is 24.3 Å². The molecule has 0 saturated carbocycles. The number of hydrogen-bond donors (Lipinski definition) is 1. The molecule has 3 atom stereocenters. The zero-order chi connectivity index (χ0) is 22.3. The molecule has 1 N–H and O–H groups in total. The van der Waals surface area contributed by atoms with Crippen LogP contribution in [-0.2, 0) is 15.8 Å². The fraction of sp³-hybridized carbons (Fsp3) is 0.636. The van der Waals surface area contributed by atoms with Crippen molar-refractivity contribution in [2.24, 2.45) is 11.3 Å². The number of benzene rings is 1. The number of hydrogen-bond acceptors (Lipinski definition) is 3. The largest absolute Gasteiger partial charge is 0.416 e. The Kier molecular flexibility index (Phi) is 6.18. The lowest BCUT2D eigenvalue weighted by Gasteiger charge is -2.38. The third-order valence-corrected chi connectivity index (χ3v) is 5.86. The first-order valence-corrected chi connectivity index (χ1v) is 10.3. The summed E-state index contributed by atoms with van der Waals surface area (Å²) in [4.78, 5) is 29.1. The molecular weight excluding hydrogens is 397 g/mol. The van der Waals surface area contributed by atoms with E-state index in [1.54, 1.807) is 11.0 Å². The summed E-state index contributed by atoms with van der Waals surface area (Å²) in [6.07, 6.45) is -3.74. The molecule has 2 aliphatic heterocycles. The molecule has 0 aromatic heterocycles. The van der Waals surface area contributed by atoms with Crippen LogP contribution < -0.4 is 0 Å². The minimum Gasteiger partial charge on any atom is -0.391 e. The van der Waals surface area contributed by atoms with E-state index >= 15 is 0 Å². The molecule has 2 fully saturated rings. The van der Waals surface area contributed by atoms with Crippen molar-refractivity contribution in [3.63, 3.8) is 0 Å². The van der Waals surface area contributed by atoms with Crippen molar-refractivity contribution < 1.29 is 27.9 Å². The summed E-state index contributed by atoms with van der Waals surface area (Å²) in [6, 6.07) is 4.34. The number of halogens is 3. The van der Waals surface area contributed by atoms with Crippen molar-refractivity contribution in [2.75, 3.05) is 19.6 Å². The topological polar surface area (TPSA) is 60.9 Å². The SMILES string of the molecule is CC(C)(C)C(=O)N1CCC[C@H](C(=O)N2C[C@@H](O)C[C@H]2c2cccc(C(F)(F)F)c2)C1. The van der Waals surface area contributed by atoms with Crippen molar-refractivity contribution >= 4 is 11.8 Å². The summed E-state index contributed by atoms with van der Waals surface area (Å²) in [5.41, 5.74) is -0.948. The van der Waals surface area contributed by atoms with Crippen molar-refractivity contribution in [2.45, 2.75) is 58.4 Å². The number of aliphatic hydroxyl groups excluding tert-OH is 1. The molecule has 3 rings (SSSR count). The van der Waals surface area contributed by atoms with Gasteiger partial charge < -0.3 is 14.9 Å². The molecule has 0 spiro atoms. The lowest BCUT2D eigenvalue weighted by Crippen LogP contribution is -2.49. The Morgan fingerprint density at radius 1 is 1.13 bits per heavy atom. The number of alkyl halides is 3. The van der Waals surface area contributed by atoms with E-state index in [0.29, 0.717) is 31.5 Å². The Morgan fingerprint density at radius 3 is 2.47 bits per heavy atom. The minimum absolute atomic E-state index is 0.0177. The second-order valence-corrected chi connectivity index (χ2v) is 9.36. The number of aliphatic hydroxyl groups is 1. The monoisotopic (exact) mass is 426 g/mol. The van der Waals surface area contributed by atoms with Crippen LogP contribution in [0.3, 0.4) is 0 Å². The summed E-state index contributed by atoms with van der Waals surface area (Å²) < 4.78 is 39.4. The molecule has 0 bridgehead atoms. The molecule has 1 aromatic rings. The minimum atomic E-state index is -4.47. The summed E-state index contributed by atoms with van der Waals surface area (Å²) in [5.74, 6) is -0.639. The van der Waals surface area contributed by atoms with E-state index in [2.05, 4.69) is 0 Å². The van der Waals surface area contributed by atoms with Gasteiger partial charge in [-0.1, -0.05) is 32.9 Å². The van der Waals surface area contributed by atoms with E-state index < -0.39 is 35.2 Å². The highest BCUT2D eigenvalue weighted by Gasteiger charge is 2.41. The standard InChI is InChI=1S/C22H29F3N2O3/c1-21(2,3)20(30)26-9-5-7-15(12-26)19(29)27-13-17(28)11-18(27)14-6-4-8-16(10-14)22(23,24)25/h4,6,8,10,15,17-18,28H,5,7,9,11-13H2,1-3H3/t15-,17-,18-/m0/s1. The Balaban J connectivity index is 1.80. The maximum Gasteiger partial charge on any atom is 0.416 e. The van der Waals surface area contributed by atoms with Crippen molar-refractivity contribution in [3.8, 4) is 0 Å². The quantitative estimate of drug-likeness (QED) is 0.786. The van der Waals surface area contributed by atoms with E-state index in [1.807, 2.05) is 20.8 Å². The van der Waals surface area contributed by atoms with Crippen LogP contribution in [0.1, 0.15) is 57.2 Å². The van der Waals surface area contributed by atoms with Gasteiger partial charge in [-0.2, -0.15) is 13.2 Å². The summed E-state index contributed by atoms with van der Waals surface area (Å²) in [5, 5.41) is 10.2. The molecular formula is C22H29F3N2O3. The Hall–Kier alpha value is -2.09. The number of carbonyl (C=O) groups is 2. The number of rotatable bonds is 2. The van der Waals surface area contributed by atoms with Crippen LogP contribution in [0, 0.1) is 11.3 Å². The number of amides is 2. The van der Waals surface area contributed by atoms with Gasteiger partial charge in [0, 0.05) is 25.0 Å². The third kappa shape index (κ3) is 4.79. The van der Waals surface area contributed by atoms with Crippen LogP contribution in [0.5, 0.6) is 0 Å². The highest BCUT2D eigenvalue weighted by molar-refractivity contribution is 5.84. The summed E-state index contributed by atoms with van der Waals surface area (Å²) in [6.45, 7) is 6.49. The van der Waals surface area contributed by atoms with E-state index in [9.17, 15) is 27.9 Å². The molecule has 0 aliphatic carbocycles. The fourth-order valence-electron chi connectivity index (χ4n) is 4.37. The van der Waals surface area contributed by atoms with Gasteiger partial charge in [-0.05, 0) is 37.0 Å². The van der Waals surface area contributed by atoms with Crippen LogP contribution in [0.25, 0.3) is 0 Å². The van der Waals surface area contributed by atoms with Crippen LogP contribution in [-0.4, -0.2) is 52.5 Å². The maximum atomic E-state index is 13.3. The van der Waals surface area contributed by atoms with E-state index in [4.69, 9.17) is 0 Å². The number of β-amino-alcohol motifs (C(OH)–C–C–N with tert-alkyl or cyclic N) is 1. The van der Waals surface area contributed by atoms with Gasteiger partial charge >= 0.3 is 6.18 Å². The molecule has 30 heavy (non-hydrogen) atoms. The predicted octanol–water partition coefficient (Wildman–Crippen LogP) is 3.62. The molecule has 5 nitrogen and oxygen atoms in total. The highest BCUT2D eigenvalue weighted by Crippen LogP contribution is 2.37. The van der Waals surface area contributed by atoms with Gasteiger partial charge in [0.15, 0.2) is 0 Å². The second kappa shape index (κ2) is 8.21. The molecule has 166 valence electrons. The lowest BCUT2D eigenvalue weighted by atomic mass is 9.90. The number of likely N-dealkylation sites (tertiary alicyclic amines) is 2. The average molecular weight is 426 g/mol.